The summed E-state index contributed by atoms with van der Waals surface area (Å²) in [5, 5.41) is 4.15. The molecular weight excluding hydrogens is 226 g/mol. The Labute approximate surface area is 97.0 Å². The van der Waals surface area contributed by atoms with E-state index in [1.807, 2.05) is 7.05 Å². The smallest absolute Gasteiger partial charge is 0.162 e. The zero-order valence-corrected chi connectivity index (χ0v) is 9.86. The first-order valence-corrected chi connectivity index (χ1v) is 5.56. The Morgan fingerprint density at radius 2 is 2.38 bits per heavy atom. The van der Waals surface area contributed by atoms with E-state index in [-0.39, 0.29) is 6.04 Å². The summed E-state index contributed by atoms with van der Waals surface area (Å²) in [6.07, 6.45) is 3.45. The minimum absolute atomic E-state index is 0.157. The van der Waals surface area contributed by atoms with E-state index in [0.29, 0.717) is 5.75 Å². The fourth-order valence-corrected chi connectivity index (χ4v) is 2.26. The lowest BCUT2D eigenvalue weighted by molar-refractivity contribution is 0.401. The summed E-state index contributed by atoms with van der Waals surface area (Å²) in [7, 11) is 3.46. The van der Waals surface area contributed by atoms with E-state index in [0.717, 1.165) is 10.6 Å². The van der Waals surface area contributed by atoms with Crippen LogP contribution in [0, 0.1) is 0 Å². The van der Waals surface area contributed by atoms with Crippen LogP contribution in [0.5, 0.6) is 5.75 Å². The Morgan fingerprint density at radius 3 is 2.94 bits per heavy atom. The molecule has 0 aromatic carbocycles. The Kier molecular flexibility index (Phi) is 3.18. The van der Waals surface area contributed by atoms with Crippen LogP contribution in [0.4, 0.5) is 0 Å². The SMILES string of the molecule is COc1cnn(C)c1C(NN)c1cncs1. The molecule has 3 N–H and O–H groups in total. The third kappa shape index (κ3) is 1.80. The normalized spacial score (nSPS) is 12.7. The van der Waals surface area contributed by atoms with Crippen molar-refractivity contribution in [1.29, 1.82) is 0 Å². The predicted octanol–water partition coefficient (Wildman–Crippen LogP) is 0.438. The molecule has 0 saturated carbocycles. The van der Waals surface area contributed by atoms with Crippen LogP contribution in [0.25, 0.3) is 0 Å². The summed E-state index contributed by atoms with van der Waals surface area (Å²) in [6, 6.07) is -0.157. The average molecular weight is 239 g/mol. The number of aromatic nitrogens is 3. The first-order chi connectivity index (χ1) is 7.77. The third-order valence-corrected chi connectivity index (χ3v) is 3.19. The van der Waals surface area contributed by atoms with Gasteiger partial charge in [-0.25, -0.2) is 5.43 Å². The zero-order valence-electron chi connectivity index (χ0n) is 9.04. The minimum Gasteiger partial charge on any atom is -0.493 e. The summed E-state index contributed by atoms with van der Waals surface area (Å²) in [4.78, 5) is 5.06. The highest BCUT2D eigenvalue weighted by atomic mass is 32.1. The van der Waals surface area contributed by atoms with Gasteiger partial charge in [-0.3, -0.25) is 15.5 Å². The number of hydrogen-bond acceptors (Lipinski definition) is 6. The first kappa shape index (κ1) is 11.1. The Hall–Kier alpha value is -1.44. The van der Waals surface area contributed by atoms with Gasteiger partial charge in [0.1, 0.15) is 11.7 Å². The van der Waals surface area contributed by atoms with Crippen LogP contribution in [-0.2, 0) is 7.05 Å². The second-order valence-electron chi connectivity index (χ2n) is 3.23. The molecule has 6 nitrogen and oxygen atoms in total. The van der Waals surface area contributed by atoms with Crippen molar-refractivity contribution in [2.45, 2.75) is 6.04 Å². The molecule has 2 aromatic heterocycles. The monoisotopic (exact) mass is 239 g/mol. The van der Waals surface area contributed by atoms with Gasteiger partial charge < -0.3 is 4.74 Å². The number of nitrogens with zero attached hydrogens (tertiary/aromatic N) is 3. The van der Waals surface area contributed by atoms with Crippen LogP contribution >= 0.6 is 11.3 Å². The van der Waals surface area contributed by atoms with E-state index in [1.54, 1.807) is 29.7 Å². The summed E-state index contributed by atoms with van der Waals surface area (Å²) in [5.74, 6) is 6.29. The highest BCUT2D eigenvalue weighted by Gasteiger charge is 2.22. The number of thiazole rings is 1. The molecule has 1 unspecified atom stereocenters. The van der Waals surface area contributed by atoms with Gasteiger partial charge in [-0.15, -0.1) is 11.3 Å². The largest absolute Gasteiger partial charge is 0.493 e. The molecule has 0 aliphatic rings. The molecule has 2 heterocycles. The molecule has 1 atom stereocenters. The summed E-state index contributed by atoms with van der Waals surface area (Å²) < 4.78 is 6.99. The van der Waals surface area contributed by atoms with Gasteiger partial charge in [0.2, 0.25) is 0 Å². The quantitative estimate of drug-likeness (QED) is 0.598. The Bertz CT molecular complexity index is 452. The van der Waals surface area contributed by atoms with E-state index in [4.69, 9.17) is 10.6 Å². The number of ether oxygens (including phenoxy) is 1. The van der Waals surface area contributed by atoms with E-state index >= 15 is 0 Å². The molecule has 0 aliphatic heterocycles. The number of hydrogen-bond donors (Lipinski definition) is 2. The lowest BCUT2D eigenvalue weighted by Crippen LogP contribution is -2.30. The van der Waals surface area contributed by atoms with Gasteiger partial charge in [-0.1, -0.05) is 0 Å². The van der Waals surface area contributed by atoms with Crippen molar-refractivity contribution in [3.8, 4) is 5.75 Å². The van der Waals surface area contributed by atoms with Crippen molar-refractivity contribution in [2.75, 3.05) is 7.11 Å². The van der Waals surface area contributed by atoms with Crippen molar-refractivity contribution in [3.63, 3.8) is 0 Å². The average Bonchev–Trinajstić information content (AvgIpc) is 2.91. The second-order valence-corrected chi connectivity index (χ2v) is 4.14. The van der Waals surface area contributed by atoms with Crippen LogP contribution < -0.4 is 16.0 Å². The fraction of sp³-hybridized carbons (Fsp3) is 0.333. The van der Waals surface area contributed by atoms with Gasteiger partial charge in [0.25, 0.3) is 0 Å². The van der Waals surface area contributed by atoms with Crippen LogP contribution in [0.2, 0.25) is 0 Å². The number of aryl methyl sites for hydroxylation is 1. The molecule has 7 heteroatoms. The van der Waals surface area contributed by atoms with Crippen molar-refractivity contribution >= 4 is 11.3 Å². The molecule has 0 fully saturated rings. The molecule has 0 saturated heterocycles. The standard InChI is InChI=1S/C9H13N5OS/c1-14-9(6(15-2)3-12-14)8(13-10)7-4-11-5-16-7/h3-5,8,13H,10H2,1-2H3. The van der Waals surface area contributed by atoms with E-state index in [2.05, 4.69) is 15.5 Å². The maximum Gasteiger partial charge on any atom is 0.162 e. The molecule has 0 amide bonds. The highest BCUT2D eigenvalue weighted by Crippen LogP contribution is 2.30. The predicted molar refractivity (Wildman–Crippen MR) is 61.0 cm³/mol. The molecule has 2 rings (SSSR count). The number of nitrogens with two attached hydrogens (primary N) is 1. The lowest BCUT2D eigenvalue weighted by atomic mass is 10.2. The first-order valence-electron chi connectivity index (χ1n) is 4.68. The van der Waals surface area contributed by atoms with Gasteiger partial charge in [0.05, 0.1) is 18.8 Å². The molecule has 0 spiro atoms. The van der Waals surface area contributed by atoms with Crippen molar-refractivity contribution in [1.82, 2.24) is 20.2 Å². The van der Waals surface area contributed by atoms with E-state index in [1.165, 1.54) is 11.3 Å². The van der Waals surface area contributed by atoms with E-state index in [9.17, 15) is 0 Å². The molecule has 86 valence electrons. The zero-order chi connectivity index (χ0) is 11.5. The molecule has 16 heavy (non-hydrogen) atoms. The van der Waals surface area contributed by atoms with E-state index < -0.39 is 0 Å². The third-order valence-electron chi connectivity index (χ3n) is 2.35. The maximum absolute atomic E-state index is 5.58. The number of nitrogens with one attached hydrogen (secondary N) is 1. The van der Waals surface area contributed by atoms with Gasteiger partial charge in [-0.2, -0.15) is 5.10 Å². The fourth-order valence-electron chi connectivity index (χ4n) is 1.58. The molecule has 0 bridgehead atoms. The van der Waals surface area contributed by atoms with Crippen LogP contribution in [0.1, 0.15) is 16.6 Å². The Morgan fingerprint density at radius 1 is 1.56 bits per heavy atom. The lowest BCUT2D eigenvalue weighted by Gasteiger charge is -2.15. The summed E-state index contributed by atoms with van der Waals surface area (Å²) in [5.41, 5.74) is 5.40. The Balaban J connectivity index is 2.44. The summed E-state index contributed by atoms with van der Waals surface area (Å²) in [6.45, 7) is 0. The van der Waals surface area contributed by atoms with Gasteiger partial charge in [0.15, 0.2) is 5.75 Å². The molecule has 0 radical (unpaired) electrons. The van der Waals surface area contributed by atoms with Crippen LogP contribution in [0.15, 0.2) is 17.9 Å². The highest BCUT2D eigenvalue weighted by molar-refractivity contribution is 7.09. The van der Waals surface area contributed by atoms with Crippen molar-refractivity contribution < 1.29 is 4.74 Å². The van der Waals surface area contributed by atoms with Crippen LogP contribution in [-0.4, -0.2) is 21.9 Å². The summed E-state index contributed by atoms with van der Waals surface area (Å²) >= 11 is 1.53. The van der Waals surface area contributed by atoms with Crippen molar-refractivity contribution in [3.05, 3.63) is 28.5 Å². The number of rotatable bonds is 4. The topological polar surface area (TPSA) is 78.0 Å². The van der Waals surface area contributed by atoms with Crippen LogP contribution in [0.3, 0.4) is 0 Å². The van der Waals surface area contributed by atoms with Gasteiger partial charge in [-0.05, 0) is 0 Å². The molecule has 2 aromatic rings. The van der Waals surface area contributed by atoms with Gasteiger partial charge in [0, 0.05) is 18.1 Å². The molecule has 0 aliphatic carbocycles. The van der Waals surface area contributed by atoms with Gasteiger partial charge >= 0.3 is 0 Å². The van der Waals surface area contributed by atoms with Crippen molar-refractivity contribution in [2.24, 2.45) is 12.9 Å². The number of methoxy groups -OCH3 is 1. The molecular formula is C9H13N5OS. The minimum atomic E-state index is -0.157. The maximum atomic E-state index is 5.58. The number of hydrazine groups is 1. The second kappa shape index (κ2) is 4.60.